The van der Waals surface area contributed by atoms with Gasteiger partial charge in [0.25, 0.3) is 5.56 Å². The van der Waals surface area contributed by atoms with Gasteiger partial charge in [0.05, 0.1) is 46.7 Å². The number of thiazole rings is 1. The molecule has 0 fully saturated rings. The molecule has 0 radical (unpaired) electrons. The molecular weight excluding hydrogens is 599 g/mol. The molecule has 4 aromatic rings. The van der Waals surface area contributed by atoms with E-state index in [9.17, 15) is 9.59 Å². The number of benzene rings is 2. The number of ether oxygens (including phenoxy) is 3. The molecule has 2 aromatic carbocycles. The molecule has 0 N–H and O–H groups in total. The van der Waals surface area contributed by atoms with Crippen LogP contribution in [0.25, 0.3) is 17.4 Å². The van der Waals surface area contributed by atoms with Crippen LogP contribution in [0.4, 0.5) is 0 Å². The van der Waals surface area contributed by atoms with Crippen molar-refractivity contribution in [3.8, 4) is 22.8 Å². The number of esters is 1. The zero-order chi connectivity index (χ0) is 30.1. The first kappa shape index (κ1) is 29.7. The number of aromatic nitrogens is 1. The first-order valence-electron chi connectivity index (χ1n) is 13.2. The fourth-order valence-electron chi connectivity index (χ4n) is 4.70. The fraction of sp³-hybridized carbons (Fsp3) is 0.258. The van der Waals surface area contributed by atoms with Crippen LogP contribution in [0.3, 0.4) is 0 Å². The fourth-order valence-corrected chi connectivity index (χ4v) is 6.11. The van der Waals surface area contributed by atoms with E-state index in [0.29, 0.717) is 59.2 Å². The van der Waals surface area contributed by atoms with Crippen LogP contribution in [-0.4, -0.2) is 30.4 Å². The Kier molecular flexibility index (Phi) is 8.63. The number of carbonyl (C=O) groups is 1. The van der Waals surface area contributed by atoms with Crippen molar-refractivity contribution in [1.29, 1.82) is 0 Å². The average molecular weight is 628 g/mol. The first-order valence-corrected chi connectivity index (χ1v) is 14.8. The van der Waals surface area contributed by atoms with Crippen molar-refractivity contribution >= 4 is 46.6 Å². The number of hydrogen-bond acceptors (Lipinski definition) is 8. The average Bonchev–Trinajstić information content (AvgIpc) is 3.53. The maximum atomic E-state index is 13.9. The maximum absolute atomic E-state index is 13.9. The van der Waals surface area contributed by atoms with E-state index in [-0.39, 0.29) is 23.8 Å². The number of carbonyl (C=O) groups excluding carboxylic acids is 1. The van der Waals surface area contributed by atoms with Gasteiger partial charge >= 0.3 is 5.97 Å². The molecule has 3 heterocycles. The second kappa shape index (κ2) is 12.2. The zero-order valence-corrected chi connectivity index (χ0v) is 25.9. The SMILES string of the molecule is CCOC(=O)C1=C(C)N=c2s/c(=C\c3ccc(-c4cc(Cl)ccc4Cl)o3)c(=O)n2[C@@H]1c1ccc(OC(C)C)c(OC)c1. The summed E-state index contributed by atoms with van der Waals surface area (Å²) in [6.45, 7) is 7.48. The third-order valence-electron chi connectivity index (χ3n) is 6.48. The number of methoxy groups -OCH3 is 1. The van der Waals surface area contributed by atoms with Crippen LogP contribution in [-0.2, 0) is 9.53 Å². The number of halogens is 2. The highest BCUT2D eigenvalue weighted by molar-refractivity contribution is 7.07. The standard InChI is InChI=1S/C31H28Cl2N2O6S/c1-6-39-30(37)27-17(4)34-31-35(28(27)18-7-11-24(40-16(2)3)25(13-18)38-5)29(36)26(42-31)15-20-9-12-23(41-20)21-14-19(32)8-10-22(21)33/h7-16,28H,6H2,1-5H3/b26-15-/t28-/m1/s1. The molecule has 2 aromatic heterocycles. The predicted molar refractivity (Wildman–Crippen MR) is 163 cm³/mol. The molecule has 5 rings (SSSR count). The third-order valence-corrected chi connectivity index (χ3v) is 8.02. The molecule has 1 aliphatic rings. The van der Waals surface area contributed by atoms with Crippen LogP contribution in [0.2, 0.25) is 10.0 Å². The summed E-state index contributed by atoms with van der Waals surface area (Å²) in [5, 5.41) is 1.01. The second-order valence-corrected chi connectivity index (χ2v) is 11.6. The summed E-state index contributed by atoms with van der Waals surface area (Å²) in [5.74, 6) is 1.43. The first-order chi connectivity index (χ1) is 20.1. The van der Waals surface area contributed by atoms with E-state index in [4.69, 9.17) is 41.8 Å². The van der Waals surface area contributed by atoms with Gasteiger partial charge in [-0.05, 0) is 75.7 Å². The molecule has 1 atom stereocenters. The number of hydrogen-bond donors (Lipinski definition) is 0. The van der Waals surface area contributed by atoms with Crippen molar-refractivity contribution in [2.45, 2.75) is 39.8 Å². The van der Waals surface area contributed by atoms with Crippen molar-refractivity contribution < 1.29 is 23.4 Å². The molecule has 0 amide bonds. The van der Waals surface area contributed by atoms with Gasteiger partial charge in [0.15, 0.2) is 16.3 Å². The van der Waals surface area contributed by atoms with Gasteiger partial charge in [-0.15, -0.1) is 0 Å². The molecule has 0 spiro atoms. The number of furan rings is 1. The topological polar surface area (TPSA) is 92.3 Å². The van der Waals surface area contributed by atoms with Crippen LogP contribution < -0.4 is 24.4 Å². The molecule has 0 saturated heterocycles. The normalized spacial score (nSPS) is 15.0. The molecular formula is C31H28Cl2N2O6S. The van der Waals surface area contributed by atoms with E-state index in [1.807, 2.05) is 19.9 Å². The highest BCUT2D eigenvalue weighted by atomic mass is 35.5. The lowest BCUT2D eigenvalue weighted by Crippen LogP contribution is -2.40. The third kappa shape index (κ3) is 5.77. The van der Waals surface area contributed by atoms with E-state index in [0.717, 1.165) is 0 Å². The van der Waals surface area contributed by atoms with Gasteiger partial charge in [-0.1, -0.05) is 40.6 Å². The van der Waals surface area contributed by atoms with E-state index < -0.39 is 12.0 Å². The van der Waals surface area contributed by atoms with Crippen LogP contribution in [0, 0.1) is 0 Å². The minimum absolute atomic E-state index is 0.0725. The van der Waals surface area contributed by atoms with Crippen LogP contribution >= 0.6 is 34.5 Å². The lowest BCUT2D eigenvalue weighted by atomic mass is 9.95. The van der Waals surface area contributed by atoms with E-state index in [1.165, 1.54) is 15.9 Å². The van der Waals surface area contributed by atoms with E-state index in [1.54, 1.807) is 69.5 Å². The van der Waals surface area contributed by atoms with Gasteiger partial charge in [-0.2, -0.15) is 0 Å². The molecule has 218 valence electrons. The number of rotatable bonds is 8. The molecule has 42 heavy (non-hydrogen) atoms. The summed E-state index contributed by atoms with van der Waals surface area (Å²) in [6, 6.07) is 13.2. The van der Waals surface area contributed by atoms with Crippen molar-refractivity contribution in [2.24, 2.45) is 4.99 Å². The molecule has 0 unspecified atom stereocenters. The summed E-state index contributed by atoms with van der Waals surface area (Å²) in [7, 11) is 1.54. The van der Waals surface area contributed by atoms with Crippen molar-refractivity contribution in [2.75, 3.05) is 13.7 Å². The summed E-state index contributed by atoms with van der Waals surface area (Å²) in [4.78, 5) is 32.2. The second-order valence-electron chi connectivity index (χ2n) is 9.71. The number of allylic oxidation sites excluding steroid dienone is 1. The highest BCUT2D eigenvalue weighted by Gasteiger charge is 2.34. The largest absolute Gasteiger partial charge is 0.493 e. The van der Waals surface area contributed by atoms with Gasteiger partial charge in [0, 0.05) is 16.7 Å². The van der Waals surface area contributed by atoms with Gasteiger partial charge in [0.2, 0.25) is 0 Å². The van der Waals surface area contributed by atoms with E-state index in [2.05, 4.69) is 4.99 Å². The van der Waals surface area contributed by atoms with Gasteiger partial charge in [0.1, 0.15) is 11.5 Å². The van der Waals surface area contributed by atoms with E-state index >= 15 is 0 Å². The Bertz CT molecular complexity index is 1890. The summed E-state index contributed by atoms with van der Waals surface area (Å²) >= 11 is 13.7. The predicted octanol–water partition coefficient (Wildman–Crippen LogP) is 6.16. The monoisotopic (exact) mass is 626 g/mol. The lowest BCUT2D eigenvalue weighted by molar-refractivity contribution is -0.139. The summed E-state index contributed by atoms with van der Waals surface area (Å²) in [5.41, 5.74) is 1.68. The van der Waals surface area contributed by atoms with Gasteiger partial charge in [-0.25, -0.2) is 9.79 Å². The van der Waals surface area contributed by atoms with Crippen molar-refractivity contribution in [1.82, 2.24) is 4.57 Å². The number of nitrogens with zero attached hydrogens (tertiary/aromatic N) is 2. The minimum atomic E-state index is -0.804. The molecule has 0 bridgehead atoms. The Hall–Kier alpha value is -3.79. The highest BCUT2D eigenvalue weighted by Crippen LogP contribution is 2.37. The molecule has 8 nitrogen and oxygen atoms in total. The minimum Gasteiger partial charge on any atom is -0.493 e. The van der Waals surface area contributed by atoms with Crippen LogP contribution in [0.5, 0.6) is 11.5 Å². The van der Waals surface area contributed by atoms with Crippen molar-refractivity contribution in [3.63, 3.8) is 0 Å². The lowest BCUT2D eigenvalue weighted by Gasteiger charge is -2.25. The summed E-state index contributed by atoms with van der Waals surface area (Å²) < 4.78 is 24.8. The Morgan fingerprint density at radius 3 is 2.64 bits per heavy atom. The Labute approximate surface area is 256 Å². The maximum Gasteiger partial charge on any atom is 0.338 e. The van der Waals surface area contributed by atoms with Crippen molar-refractivity contribution in [3.05, 3.63) is 101 Å². The van der Waals surface area contributed by atoms with Crippen LogP contribution in [0.1, 0.15) is 45.1 Å². The Balaban J connectivity index is 1.65. The van der Waals surface area contributed by atoms with Gasteiger partial charge in [-0.3, -0.25) is 9.36 Å². The van der Waals surface area contributed by atoms with Gasteiger partial charge < -0.3 is 18.6 Å². The molecule has 0 aliphatic carbocycles. The quantitative estimate of drug-likeness (QED) is 0.217. The summed E-state index contributed by atoms with van der Waals surface area (Å²) in [6.07, 6.45) is 1.57. The zero-order valence-electron chi connectivity index (χ0n) is 23.6. The molecule has 1 aliphatic heterocycles. The number of fused-ring (bicyclic) bond motifs is 1. The smallest absolute Gasteiger partial charge is 0.338 e. The molecule has 11 heteroatoms. The van der Waals surface area contributed by atoms with Crippen LogP contribution in [0.15, 0.2) is 74.0 Å². The Morgan fingerprint density at radius 1 is 1.14 bits per heavy atom. The Morgan fingerprint density at radius 2 is 1.93 bits per heavy atom. The molecule has 0 saturated carbocycles.